The fourth-order valence-electron chi connectivity index (χ4n) is 2.99. The average molecular weight is 469 g/mol. The molecule has 0 bridgehead atoms. The minimum atomic E-state index is -0.635. The summed E-state index contributed by atoms with van der Waals surface area (Å²) in [5.74, 6) is -1.07. The molecule has 1 aliphatic rings. The maximum atomic E-state index is 13.2. The van der Waals surface area contributed by atoms with E-state index in [1.807, 2.05) is 12.1 Å². The first-order valence-electron chi connectivity index (χ1n) is 9.68. The highest BCUT2D eigenvalue weighted by atomic mass is 35.5. The molecular formula is C24H19Cl2FN4O. The number of halogens is 3. The van der Waals surface area contributed by atoms with Crippen LogP contribution in [0.1, 0.15) is 12.8 Å². The smallest absolute Gasteiger partial charge is 0.271 e. The number of nitriles is 1. The highest BCUT2D eigenvalue weighted by molar-refractivity contribution is 6.33. The molecule has 0 spiro atoms. The summed E-state index contributed by atoms with van der Waals surface area (Å²) >= 11 is 12.4. The monoisotopic (exact) mass is 468 g/mol. The lowest BCUT2D eigenvalue weighted by molar-refractivity contribution is -0.112. The van der Waals surface area contributed by atoms with Gasteiger partial charge in [0.1, 0.15) is 11.5 Å². The number of allylic oxidation sites excluding steroid dienone is 5. The Kier molecular flexibility index (Phi) is 7.82. The van der Waals surface area contributed by atoms with Crippen LogP contribution in [-0.2, 0) is 4.79 Å². The van der Waals surface area contributed by atoms with Crippen LogP contribution in [0.2, 0.25) is 5.02 Å². The summed E-state index contributed by atoms with van der Waals surface area (Å²) in [6.07, 6.45) is 5.84. The van der Waals surface area contributed by atoms with Crippen molar-refractivity contribution in [3.63, 3.8) is 0 Å². The van der Waals surface area contributed by atoms with Crippen LogP contribution in [0.4, 0.5) is 15.8 Å². The number of alkyl halides is 1. The summed E-state index contributed by atoms with van der Waals surface area (Å²) in [5, 5.41) is 12.3. The summed E-state index contributed by atoms with van der Waals surface area (Å²) in [7, 11) is 0. The van der Waals surface area contributed by atoms with Crippen molar-refractivity contribution in [2.75, 3.05) is 5.32 Å². The van der Waals surface area contributed by atoms with Gasteiger partial charge in [0, 0.05) is 11.3 Å². The van der Waals surface area contributed by atoms with E-state index in [-0.39, 0.29) is 23.1 Å². The second-order valence-corrected chi connectivity index (χ2v) is 7.84. The maximum Gasteiger partial charge on any atom is 0.271 e. The van der Waals surface area contributed by atoms with Gasteiger partial charge in [0.2, 0.25) is 0 Å². The van der Waals surface area contributed by atoms with Crippen LogP contribution in [0.3, 0.4) is 0 Å². The zero-order valence-corrected chi connectivity index (χ0v) is 18.4. The molecule has 0 fully saturated rings. The minimum Gasteiger partial charge on any atom is -0.394 e. The lowest BCUT2D eigenvalue weighted by Crippen LogP contribution is -2.25. The number of benzene rings is 2. The van der Waals surface area contributed by atoms with Crippen molar-refractivity contribution in [3.8, 4) is 6.07 Å². The Morgan fingerprint density at radius 1 is 1.25 bits per heavy atom. The molecule has 0 saturated carbocycles. The average Bonchev–Trinajstić information content (AvgIpc) is 2.79. The second-order valence-electron chi connectivity index (χ2n) is 6.87. The van der Waals surface area contributed by atoms with Crippen molar-refractivity contribution in [3.05, 3.63) is 94.4 Å². The molecule has 1 atom stereocenters. The zero-order chi connectivity index (χ0) is 23.1. The molecule has 5 nitrogen and oxygen atoms in total. The molecule has 1 aliphatic carbocycles. The number of carbonyl (C=O) groups excluding carboxylic acids is 1. The summed E-state index contributed by atoms with van der Waals surface area (Å²) < 4.78 is 13.2. The van der Waals surface area contributed by atoms with E-state index in [1.165, 1.54) is 24.3 Å². The van der Waals surface area contributed by atoms with Crippen LogP contribution in [0, 0.1) is 17.1 Å². The number of anilines is 1. The van der Waals surface area contributed by atoms with Crippen LogP contribution in [0.15, 0.2) is 88.6 Å². The third-order valence-corrected chi connectivity index (χ3v) is 5.26. The predicted octanol–water partition coefficient (Wildman–Crippen LogP) is 5.81. The number of rotatable bonds is 6. The van der Waals surface area contributed by atoms with Crippen molar-refractivity contribution in [1.29, 1.82) is 5.26 Å². The molecule has 0 heterocycles. The molecule has 0 radical (unpaired) electrons. The Labute approximate surface area is 195 Å². The quantitative estimate of drug-likeness (QED) is 0.318. The summed E-state index contributed by atoms with van der Waals surface area (Å²) in [6, 6.07) is 14.3. The number of aliphatic imine (C=N–C) groups is 1. The fraction of sp³-hybridized carbons (Fsp3) is 0.125. The van der Waals surface area contributed by atoms with Crippen molar-refractivity contribution >= 4 is 46.2 Å². The lowest BCUT2D eigenvalue weighted by atomic mass is 9.93. The molecule has 32 heavy (non-hydrogen) atoms. The Bertz CT molecular complexity index is 1180. The highest BCUT2D eigenvalue weighted by Gasteiger charge is 2.21. The molecule has 0 saturated heterocycles. The minimum absolute atomic E-state index is 0.164. The fourth-order valence-corrected chi connectivity index (χ4v) is 3.33. The number of nitrogens with zero attached hydrogens (tertiary/aromatic N) is 2. The van der Waals surface area contributed by atoms with Gasteiger partial charge in [0.25, 0.3) is 5.91 Å². The van der Waals surface area contributed by atoms with Crippen molar-refractivity contribution in [2.45, 2.75) is 18.2 Å². The van der Waals surface area contributed by atoms with E-state index in [0.29, 0.717) is 34.1 Å². The second kappa shape index (κ2) is 10.8. The molecule has 162 valence electrons. The van der Waals surface area contributed by atoms with Gasteiger partial charge in [-0.2, -0.15) is 5.26 Å². The number of nitrogens with two attached hydrogens (primary N) is 1. The van der Waals surface area contributed by atoms with Gasteiger partial charge in [0.05, 0.1) is 34.3 Å². The van der Waals surface area contributed by atoms with Crippen molar-refractivity contribution < 1.29 is 9.18 Å². The maximum absolute atomic E-state index is 13.2. The van der Waals surface area contributed by atoms with Crippen LogP contribution in [0.5, 0.6) is 0 Å². The Balaban J connectivity index is 2.08. The van der Waals surface area contributed by atoms with E-state index >= 15 is 0 Å². The third kappa shape index (κ3) is 5.85. The number of nitrogens with one attached hydrogen (secondary N) is 1. The number of carbonyl (C=O) groups is 1. The van der Waals surface area contributed by atoms with Gasteiger partial charge in [-0.25, -0.2) is 9.38 Å². The van der Waals surface area contributed by atoms with E-state index in [2.05, 4.69) is 10.3 Å². The molecule has 3 N–H and O–H groups in total. The molecule has 1 amide bonds. The first kappa shape index (κ1) is 23.3. The first-order chi connectivity index (χ1) is 15.4. The van der Waals surface area contributed by atoms with Crippen LogP contribution >= 0.6 is 23.2 Å². The molecule has 2 aromatic carbocycles. The Hall–Kier alpha value is -3.40. The van der Waals surface area contributed by atoms with Crippen LogP contribution in [-0.4, -0.2) is 17.0 Å². The molecule has 0 aliphatic heterocycles. The van der Waals surface area contributed by atoms with Crippen LogP contribution < -0.4 is 11.1 Å². The zero-order valence-electron chi connectivity index (χ0n) is 16.9. The molecular weight excluding hydrogens is 450 g/mol. The highest BCUT2D eigenvalue weighted by Crippen LogP contribution is 2.29. The van der Waals surface area contributed by atoms with E-state index in [4.69, 9.17) is 28.9 Å². The van der Waals surface area contributed by atoms with Gasteiger partial charge in [-0.1, -0.05) is 42.0 Å². The largest absolute Gasteiger partial charge is 0.394 e. The molecule has 2 aromatic rings. The van der Waals surface area contributed by atoms with E-state index in [1.54, 1.807) is 36.4 Å². The topological polar surface area (TPSA) is 91.3 Å². The number of hydrogen-bond acceptors (Lipinski definition) is 4. The van der Waals surface area contributed by atoms with Gasteiger partial charge in [-0.3, -0.25) is 4.79 Å². The Morgan fingerprint density at radius 2 is 1.97 bits per heavy atom. The van der Waals surface area contributed by atoms with Gasteiger partial charge < -0.3 is 11.1 Å². The predicted molar refractivity (Wildman–Crippen MR) is 127 cm³/mol. The van der Waals surface area contributed by atoms with Crippen molar-refractivity contribution in [2.24, 2.45) is 10.7 Å². The molecule has 8 heteroatoms. The lowest BCUT2D eigenvalue weighted by Gasteiger charge is -2.17. The molecule has 1 unspecified atom stereocenters. The first-order valence-corrected chi connectivity index (χ1v) is 10.5. The summed E-state index contributed by atoms with van der Waals surface area (Å²) in [4.78, 5) is 17.5. The summed E-state index contributed by atoms with van der Waals surface area (Å²) in [6.45, 7) is 0. The standard InChI is InChI=1S/C24H19Cl2FN4O/c25-16-7-5-15(6-8-16)23(31-21-4-2-1-3-20(21)26)19(13-14-28)22(29)24(32)30-18-11-9-17(27)10-12-18/h1-7,9-12,16H,8,13,29H2,(H,30,32). The van der Waals surface area contributed by atoms with E-state index < -0.39 is 11.7 Å². The molecule has 0 aromatic heterocycles. The van der Waals surface area contributed by atoms with Gasteiger partial charge in [-0.15, -0.1) is 11.6 Å². The SMILES string of the molecule is N#CCC(C(=Nc1ccccc1Cl)C1=CCC(Cl)C=C1)=C(N)C(=O)Nc1ccc(F)cc1. The third-order valence-electron chi connectivity index (χ3n) is 4.62. The van der Waals surface area contributed by atoms with Gasteiger partial charge >= 0.3 is 0 Å². The number of para-hydroxylation sites is 1. The Morgan fingerprint density at radius 3 is 2.59 bits per heavy atom. The van der Waals surface area contributed by atoms with Crippen molar-refractivity contribution in [1.82, 2.24) is 0 Å². The normalized spacial score (nSPS) is 16.6. The van der Waals surface area contributed by atoms with E-state index in [9.17, 15) is 14.4 Å². The van der Waals surface area contributed by atoms with Gasteiger partial charge in [0.15, 0.2) is 0 Å². The van der Waals surface area contributed by atoms with Crippen LogP contribution in [0.25, 0.3) is 0 Å². The number of amides is 1. The van der Waals surface area contributed by atoms with E-state index in [0.717, 1.165) is 0 Å². The number of hydrogen-bond donors (Lipinski definition) is 2. The summed E-state index contributed by atoms with van der Waals surface area (Å²) in [5.41, 5.74) is 8.13. The van der Waals surface area contributed by atoms with Gasteiger partial charge in [-0.05, 0) is 48.4 Å². The molecule has 3 rings (SSSR count).